The molecule has 0 saturated carbocycles. The molecule has 8 nitrogen and oxygen atoms in total. The number of benzene rings is 4. The van der Waals surface area contributed by atoms with Crippen LogP contribution in [0.1, 0.15) is 72.1 Å². The Labute approximate surface area is 279 Å². The van der Waals surface area contributed by atoms with Crippen molar-refractivity contribution in [2.75, 3.05) is 31.7 Å². The van der Waals surface area contributed by atoms with Gasteiger partial charge in [-0.1, -0.05) is 86.8 Å². The Morgan fingerprint density at radius 1 is 0.809 bits per heavy atom. The standard InChI is InChI=1S/C38H46N2O6S/c1-7-9-20-45-35-24-32(18-19-34(35)38(42)46-21-10-8-2)40(25-31-16-13-15-30-14-11-12-17-33(30)31)36(41)26-39(6)47(43,44)37-28(4)22-27(3)23-29(37)5/h11-19,22-24H,7-10,20-21,25-26H2,1-6H3. The first-order valence-electron chi connectivity index (χ1n) is 16.2. The predicted molar refractivity (Wildman–Crippen MR) is 188 cm³/mol. The Kier molecular flexibility index (Phi) is 12.2. The molecule has 0 spiro atoms. The lowest BCUT2D eigenvalue weighted by Crippen LogP contribution is -2.41. The molecule has 0 unspecified atom stereocenters. The maximum Gasteiger partial charge on any atom is 0.341 e. The minimum atomic E-state index is -3.99. The van der Waals surface area contributed by atoms with Gasteiger partial charge in [-0.15, -0.1) is 0 Å². The Morgan fingerprint density at radius 3 is 2.17 bits per heavy atom. The molecule has 0 N–H and O–H groups in total. The third-order valence-corrected chi connectivity index (χ3v) is 10.2. The van der Waals surface area contributed by atoms with Crippen LogP contribution in [0.2, 0.25) is 0 Å². The molecule has 9 heteroatoms. The van der Waals surface area contributed by atoms with Crippen molar-refractivity contribution >= 4 is 38.4 Å². The number of carbonyl (C=O) groups is 2. The number of nitrogens with zero attached hydrogens (tertiary/aromatic N) is 2. The number of esters is 1. The molecule has 0 radical (unpaired) electrons. The lowest BCUT2D eigenvalue weighted by atomic mass is 10.0. The first kappa shape index (κ1) is 35.6. The van der Waals surface area contributed by atoms with Crippen molar-refractivity contribution in [3.05, 3.63) is 101 Å². The monoisotopic (exact) mass is 658 g/mol. The first-order chi connectivity index (χ1) is 22.5. The molecule has 4 aromatic carbocycles. The molecule has 250 valence electrons. The van der Waals surface area contributed by atoms with Crippen LogP contribution in [0.5, 0.6) is 5.75 Å². The lowest BCUT2D eigenvalue weighted by molar-refractivity contribution is -0.118. The molecule has 47 heavy (non-hydrogen) atoms. The van der Waals surface area contributed by atoms with E-state index in [2.05, 4.69) is 6.92 Å². The molecule has 0 saturated heterocycles. The summed E-state index contributed by atoms with van der Waals surface area (Å²) in [6.07, 6.45) is 3.34. The van der Waals surface area contributed by atoms with Crippen LogP contribution < -0.4 is 9.64 Å². The number of unbranched alkanes of at least 4 members (excludes halogenated alkanes) is 2. The van der Waals surface area contributed by atoms with E-state index >= 15 is 0 Å². The summed E-state index contributed by atoms with van der Waals surface area (Å²) in [5, 5.41) is 2.01. The maximum absolute atomic E-state index is 14.2. The van der Waals surface area contributed by atoms with E-state index in [1.165, 1.54) is 7.05 Å². The molecule has 0 heterocycles. The van der Waals surface area contributed by atoms with Gasteiger partial charge in [0.05, 0.1) is 31.2 Å². The molecule has 0 aliphatic carbocycles. The molecular formula is C38H46N2O6S. The number of fused-ring (bicyclic) bond motifs is 1. The fourth-order valence-corrected chi connectivity index (χ4v) is 7.22. The smallest absolute Gasteiger partial charge is 0.341 e. The summed E-state index contributed by atoms with van der Waals surface area (Å²) in [6, 6.07) is 22.5. The number of ether oxygens (including phenoxy) is 2. The van der Waals surface area contributed by atoms with Gasteiger partial charge in [0.1, 0.15) is 11.3 Å². The summed E-state index contributed by atoms with van der Waals surface area (Å²) in [7, 11) is -2.56. The number of amides is 1. The largest absolute Gasteiger partial charge is 0.493 e. The van der Waals surface area contributed by atoms with Crippen molar-refractivity contribution in [3.63, 3.8) is 0 Å². The molecule has 1 amide bonds. The third-order valence-electron chi connectivity index (χ3n) is 8.12. The highest BCUT2D eigenvalue weighted by molar-refractivity contribution is 7.89. The zero-order chi connectivity index (χ0) is 34.1. The number of sulfonamides is 1. The summed E-state index contributed by atoms with van der Waals surface area (Å²) in [5.41, 5.74) is 3.88. The second kappa shape index (κ2) is 16.1. The number of anilines is 1. The van der Waals surface area contributed by atoms with Gasteiger partial charge in [0, 0.05) is 18.8 Å². The van der Waals surface area contributed by atoms with Crippen molar-refractivity contribution in [2.45, 2.75) is 71.7 Å². The van der Waals surface area contributed by atoms with Crippen LogP contribution in [-0.2, 0) is 26.1 Å². The first-order valence-corrected chi connectivity index (χ1v) is 17.7. The van der Waals surface area contributed by atoms with E-state index in [1.54, 1.807) is 36.9 Å². The van der Waals surface area contributed by atoms with Crippen molar-refractivity contribution in [3.8, 4) is 5.75 Å². The highest BCUT2D eigenvalue weighted by atomic mass is 32.2. The summed E-state index contributed by atoms with van der Waals surface area (Å²) < 4.78 is 40.3. The second-order valence-electron chi connectivity index (χ2n) is 12.0. The molecule has 0 atom stereocenters. The molecule has 0 aliphatic heterocycles. The number of hydrogen-bond donors (Lipinski definition) is 0. The molecule has 0 aromatic heterocycles. The number of likely N-dealkylation sites (N-methyl/N-ethyl adjacent to an activating group) is 1. The van der Waals surface area contributed by atoms with Crippen LogP contribution in [0.3, 0.4) is 0 Å². The Balaban J connectivity index is 1.75. The van der Waals surface area contributed by atoms with Crippen LogP contribution in [0.25, 0.3) is 10.8 Å². The van der Waals surface area contributed by atoms with E-state index in [1.807, 2.05) is 68.4 Å². The van der Waals surface area contributed by atoms with Crippen LogP contribution in [0, 0.1) is 20.8 Å². The van der Waals surface area contributed by atoms with E-state index in [-0.39, 0.29) is 17.0 Å². The molecule has 4 aromatic rings. The Bertz CT molecular complexity index is 1810. The van der Waals surface area contributed by atoms with Gasteiger partial charge in [-0.25, -0.2) is 13.2 Å². The minimum Gasteiger partial charge on any atom is -0.493 e. The highest BCUT2D eigenvalue weighted by Crippen LogP contribution is 2.31. The number of carbonyl (C=O) groups excluding carboxylic acids is 2. The maximum atomic E-state index is 14.2. The average molecular weight is 659 g/mol. The Hall–Kier alpha value is -4.21. The van der Waals surface area contributed by atoms with Crippen molar-refractivity contribution in [1.82, 2.24) is 4.31 Å². The van der Waals surface area contributed by atoms with Gasteiger partial charge in [-0.3, -0.25) is 4.79 Å². The van der Waals surface area contributed by atoms with Gasteiger partial charge < -0.3 is 14.4 Å². The van der Waals surface area contributed by atoms with E-state index in [4.69, 9.17) is 9.47 Å². The average Bonchev–Trinajstić information content (AvgIpc) is 3.03. The highest BCUT2D eigenvalue weighted by Gasteiger charge is 2.29. The van der Waals surface area contributed by atoms with Gasteiger partial charge in [-0.05, 0) is 73.2 Å². The summed E-state index contributed by atoms with van der Waals surface area (Å²) in [6.45, 7) is 10.0. The molecule has 0 aliphatic rings. The summed E-state index contributed by atoms with van der Waals surface area (Å²) in [4.78, 5) is 29.0. The predicted octanol–water partition coefficient (Wildman–Crippen LogP) is 7.75. The number of rotatable bonds is 15. The third kappa shape index (κ3) is 8.58. The number of aryl methyl sites for hydroxylation is 3. The van der Waals surface area contributed by atoms with Crippen LogP contribution in [-0.4, -0.2) is 51.4 Å². The topological polar surface area (TPSA) is 93.2 Å². The molecule has 4 rings (SSSR count). The zero-order valence-electron chi connectivity index (χ0n) is 28.3. The van der Waals surface area contributed by atoms with E-state index in [0.717, 1.165) is 51.9 Å². The van der Waals surface area contributed by atoms with Crippen molar-refractivity contribution in [2.24, 2.45) is 0 Å². The van der Waals surface area contributed by atoms with Gasteiger partial charge in [0.25, 0.3) is 0 Å². The minimum absolute atomic E-state index is 0.172. The molecule has 0 fully saturated rings. The van der Waals surface area contributed by atoms with Crippen LogP contribution in [0.4, 0.5) is 5.69 Å². The van der Waals surface area contributed by atoms with Gasteiger partial charge >= 0.3 is 5.97 Å². The molecular weight excluding hydrogens is 612 g/mol. The quantitative estimate of drug-likeness (QED) is 0.0958. The van der Waals surface area contributed by atoms with Gasteiger partial charge in [0.2, 0.25) is 15.9 Å². The summed E-state index contributed by atoms with van der Waals surface area (Å²) >= 11 is 0. The van der Waals surface area contributed by atoms with Crippen molar-refractivity contribution in [1.29, 1.82) is 0 Å². The van der Waals surface area contributed by atoms with Crippen LogP contribution >= 0.6 is 0 Å². The van der Waals surface area contributed by atoms with E-state index in [0.29, 0.717) is 35.8 Å². The fraction of sp³-hybridized carbons (Fsp3) is 0.368. The van der Waals surface area contributed by atoms with Crippen LogP contribution in [0.15, 0.2) is 77.7 Å². The number of hydrogen-bond acceptors (Lipinski definition) is 6. The van der Waals surface area contributed by atoms with Gasteiger partial charge in [-0.2, -0.15) is 4.31 Å². The second-order valence-corrected chi connectivity index (χ2v) is 14.0. The fourth-order valence-electron chi connectivity index (χ4n) is 5.69. The lowest BCUT2D eigenvalue weighted by Gasteiger charge is -2.27. The summed E-state index contributed by atoms with van der Waals surface area (Å²) in [5.74, 6) is -0.595. The zero-order valence-corrected chi connectivity index (χ0v) is 29.2. The van der Waals surface area contributed by atoms with E-state index < -0.39 is 28.4 Å². The molecule has 0 bridgehead atoms. The van der Waals surface area contributed by atoms with E-state index in [9.17, 15) is 18.0 Å². The van der Waals surface area contributed by atoms with Crippen molar-refractivity contribution < 1.29 is 27.5 Å². The van der Waals surface area contributed by atoms with Gasteiger partial charge in [0.15, 0.2) is 0 Å². The SMILES string of the molecule is CCCCOC(=O)c1ccc(N(Cc2cccc3ccccc23)C(=O)CN(C)S(=O)(=O)c2c(C)cc(C)cc2C)cc1OCCCC. The Morgan fingerprint density at radius 2 is 1.47 bits per heavy atom. The normalized spacial score (nSPS) is 11.6.